The number of hydrogen-bond donors (Lipinski definition) is 1. The average molecular weight is 328 g/mol. The maximum Gasteiger partial charge on any atom is 0.349 e. The molecule has 0 saturated heterocycles. The van der Waals surface area contributed by atoms with Crippen molar-refractivity contribution in [1.82, 2.24) is 5.32 Å². The van der Waals surface area contributed by atoms with Gasteiger partial charge in [0.05, 0.1) is 0 Å². The number of amides is 1. The second-order valence-corrected chi connectivity index (χ2v) is 5.83. The quantitative estimate of drug-likeness (QED) is 0.474. The highest BCUT2D eigenvalue weighted by Crippen LogP contribution is 2.16. The average Bonchev–Trinajstić information content (AvgIpc) is 2.57. The van der Waals surface area contributed by atoms with Crippen molar-refractivity contribution in [2.24, 2.45) is 0 Å². The number of nitriles is 1. The normalized spacial score (nSPS) is 12.4. The Kier molecular flexibility index (Phi) is 7.70. The first-order valence-electron chi connectivity index (χ1n) is 8.09. The van der Waals surface area contributed by atoms with Crippen LogP contribution >= 0.6 is 0 Å². The van der Waals surface area contributed by atoms with Crippen molar-refractivity contribution < 1.29 is 14.3 Å². The molecule has 0 spiro atoms. The van der Waals surface area contributed by atoms with Crippen LogP contribution in [0, 0.1) is 11.3 Å². The molecule has 1 atom stereocenters. The molecule has 0 aliphatic carbocycles. The Bertz CT molecular complexity index is 640. The smallest absolute Gasteiger partial charge is 0.349 e. The standard InChI is InChI=1S/C19H24N2O3/c1-5-10-21-18(22)14(4)24-19(23)17(12-20)11-15-6-8-16(9-7-15)13(2)3/h6-9,11,13-14H,5,10H2,1-4H3,(H,21,22)/b17-11+/t14-/m1/s1. The number of esters is 1. The number of carbonyl (C=O) groups excluding carboxylic acids is 2. The minimum atomic E-state index is -0.941. The predicted octanol–water partition coefficient (Wildman–Crippen LogP) is 3.17. The van der Waals surface area contributed by atoms with E-state index in [0.717, 1.165) is 12.0 Å². The monoisotopic (exact) mass is 328 g/mol. The summed E-state index contributed by atoms with van der Waals surface area (Å²) < 4.78 is 5.05. The maximum absolute atomic E-state index is 12.0. The molecule has 1 aromatic rings. The fraction of sp³-hybridized carbons (Fsp3) is 0.421. The van der Waals surface area contributed by atoms with Crippen LogP contribution in [0.3, 0.4) is 0 Å². The Labute approximate surface area is 143 Å². The molecule has 1 aromatic carbocycles. The molecule has 1 rings (SSSR count). The van der Waals surface area contributed by atoms with Crippen molar-refractivity contribution in [2.45, 2.75) is 46.1 Å². The van der Waals surface area contributed by atoms with E-state index in [4.69, 9.17) is 4.74 Å². The largest absolute Gasteiger partial charge is 0.448 e. The number of nitrogens with one attached hydrogen (secondary N) is 1. The molecule has 0 radical (unpaired) electrons. The van der Waals surface area contributed by atoms with Crippen LogP contribution in [0.1, 0.15) is 51.2 Å². The van der Waals surface area contributed by atoms with Crippen molar-refractivity contribution in [3.8, 4) is 6.07 Å². The highest BCUT2D eigenvalue weighted by molar-refractivity contribution is 5.99. The SMILES string of the molecule is CCCNC(=O)[C@@H](C)OC(=O)/C(C#N)=C/c1ccc(C(C)C)cc1. The molecule has 0 heterocycles. The third kappa shape index (κ3) is 5.88. The minimum absolute atomic E-state index is 0.137. The van der Waals surface area contributed by atoms with Crippen LogP contribution in [0.5, 0.6) is 0 Å². The van der Waals surface area contributed by atoms with Gasteiger partial charge in [-0.3, -0.25) is 4.79 Å². The number of hydrogen-bond acceptors (Lipinski definition) is 4. The molecule has 0 unspecified atom stereocenters. The Morgan fingerprint density at radius 1 is 1.25 bits per heavy atom. The van der Waals surface area contributed by atoms with E-state index in [1.165, 1.54) is 18.6 Å². The van der Waals surface area contributed by atoms with E-state index in [9.17, 15) is 14.9 Å². The van der Waals surface area contributed by atoms with Crippen molar-refractivity contribution in [3.05, 3.63) is 41.0 Å². The Hall–Kier alpha value is -2.61. The van der Waals surface area contributed by atoms with Crippen molar-refractivity contribution in [2.75, 3.05) is 6.54 Å². The fourth-order valence-corrected chi connectivity index (χ4v) is 1.95. The Morgan fingerprint density at radius 2 is 1.88 bits per heavy atom. The molecule has 24 heavy (non-hydrogen) atoms. The lowest BCUT2D eigenvalue weighted by Crippen LogP contribution is -2.36. The van der Waals surface area contributed by atoms with Crippen molar-refractivity contribution >= 4 is 18.0 Å². The van der Waals surface area contributed by atoms with Gasteiger partial charge >= 0.3 is 5.97 Å². The van der Waals surface area contributed by atoms with Gasteiger partial charge in [-0.25, -0.2) is 4.79 Å². The van der Waals surface area contributed by atoms with Crippen LogP contribution < -0.4 is 5.32 Å². The molecule has 5 nitrogen and oxygen atoms in total. The van der Waals surface area contributed by atoms with E-state index < -0.39 is 12.1 Å². The van der Waals surface area contributed by atoms with Gasteiger partial charge in [-0.15, -0.1) is 0 Å². The number of benzene rings is 1. The van der Waals surface area contributed by atoms with E-state index in [0.29, 0.717) is 12.5 Å². The number of nitrogens with zero attached hydrogens (tertiary/aromatic N) is 1. The highest BCUT2D eigenvalue weighted by atomic mass is 16.5. The number of ether oxygens (including phenoxy) is 1. The Morgan fingerprint density at radius 3 is 2.38 bits per heavy atom. The second kappa shape index (κ2) is 9.51. The fourth-order valence-electron chi connectivity index (χ4n) is 1.95. The van der Waals surface area contributed by atoms with Crippen LogP contribution in [-0.4, -0.2) is 24.5 Å². The van der Waals surface area contributed by atoms with Gasteiger partial charge in [0, 0.05) is 6.54 Å². The molecule has 1 N–H and O–H groups in total. The molecule has 0 aliphatic heterocycles. The summed E-state index contributed by atoms with van der Waals surface area (Å²) >= 11 is 0. The predicted molar refractivity (Wildman–Crippen MR) is 93.0 cm³/mol. The molecule has 0 bridgehead atoms. The summed E-state index contributed by atoms with van der Waals surface area (Å²) in [6.45, 7) is 8.11. The molecule has 1 amide bonds. The summed E-state index contributed by atoms with van der Waals surface area (Å²) in [5.41, 5.74) is 1.77. The van der Waals surface area contributed by atoms with Crippen molar-refractivity contribution in [3.63, 3.8) is 0 Å². The van der Waals surface area contributed by atoms with Gasteiger partial charge in [-0.2, -0.15) is 5.26 Å². The summed E-state index contributed by atoms with van der Waals surface area (Å²) in [6.07, 6.45) is 1.31. The first-order valence-corrected chi connectivity index (χ1v) is 8.09. The van der Waals surface area contributed by atoms with Crippen molar-refractivity contribution in [1.29, 1.82) is 5.26 Å². The summed E-state index contributed by atoms with van der Waals surface area (Å²) in [7, 11) is 0. The minimum Gasteiger partial charge on any atom is -0.448 e. The first-order chi connectivity index (χ1) is 11.4. The maximum atomic E-state index is 12.0. The number of carbonyl (C=O) groups is 2. The van der Waals surface area contributed by atoms with Gasteiger partial charge in [0.1, 0.15) is 11.6 Å². The van der Waals surface area contributed by atoms with Gasteiger partial charge in [-0.1, -0.05) is 45.0 Å². The molecule has 0 fully saturated rings. The zero-order valence-corrected chi connectivity index (χ0v) is 14.6. The van der Waals surface area contributed by atoms with E-state index >= 15 is 0 Å². The van der Waals surface area contributed by atoms with Crippen LogP contribution in [0.15, 0.2) is 29.8 Å². The van der Waals surface area contributed by atoms with Gasteiger partial charge in [0.2, 0.25) is 0 Å². The first kappa shape index (κ1) is 19.4. The second-order valence-electron chi connectivity index (χ2n) is 5.83. The Balaban J connectivity index is 2.79. The molecule has 0 saturated carbocycles. The molecular weight excluding hydrogens is 304 g/mol. The zero-order chi connectivity index (χ0) is 18.1. The highest BCUT2D eigenvalue weighted by Gasteiger charge is 2.20. The van der Waals surface area contributed by atoms with Gasteiger partial charge in [0.15, 0.2) is 6.10 Å². The molecule has 0 aromatic heterocycles. The topological polar surface area (TPSA) is 79.2 Å². The van der Waals surface area contributed by atoms with Crippen LogP contribution in [0.25, 0.3) is 6.08 Å². The van der Waals surface area contributed by atoms with Crippen LogP contribution in [-0.2, 0) is 14.3 Å². The van der Waals surface area contributed by atoms with Gasteiger partial charge < -0.3 is 10.1 Å². The van der Waals surface area contributed by atoms with E-state index in [2.05, 4.69) is 19.2 Å². The molecule has 0 aliphatic rings. The molecule has 128 valence electrons. The number of rotatable bonds is 7. The lowest BCUT2D eigenvalue weighted by molar-refractivity contribution is -0.150. The summed E-state index contributed by atoms with van der Waals surface area (Å²) in [5.74, 6) is -0.765. The zero-order valence-electron chi connectivity index (χ0n) is 14.6. The third-order valence-electron chi connectivity index (χ3n) is 3.46. The molecule has 5 heteroatoms. The van der Waals surface area contributed by atoms with Crippen LogP contribution in [0.2, 0.25) is 0 Å². The van der Waals surface area contributed by atoms with Gasteiger partial charge in [-0.05, 0) is 36.5 Å². The lowest BCUT2D eigenvalue weighted by atomic mass is 10.0. The summed E-state index contributed by atoms with van der Waals surface area (Å²) in [4.78, 5) is 23.8. The summed E-state index contributed by atoms with van der Waals surface area (Å²) in [5, 5.41) is 11.8. The summed E-state index contributed by atoms with van der Waals surface area (Å²) in [6, 6.07) is 9.43. The van der Waals surface area contributed by atoms with Gasteiger partial charge in [0.25, 0.3) is 5.91 Å². The molecular formula is C19H24N2O3. The van der Waals surface area contributed by atoms with E-state index in [-0.39, 0.29) is 11.5 Å². The van der Waals surface area contributed by atoms with E-state index in [1.807, 2.05) is 37.3 Å². The van der Waals surface area contributed by atoms with E-state index in [1.54, 1.807) is 0 Å². The third-order valence-corrected chi connectivity index (χ3v) is 3.46. The van der Waals surface area contributed by atoms with Crippen LogP contribution in [0.4, 0.5) is 0 Å². The lowest BCUT2D eigenvalue weighted by Gasteiger charge is -2.12.